The van der Waals surface area contributed by atoms with Gasteiger partial charge in [-0.3, -0.25) is 0 Å². The van der Waals surface area contributed by atoms with E-state index in [1.54, 1.807) is 0 Å². The average Bonchev–Trinajstić information content (AvgIpc) is 3.30. The SMILES string of the molecule is CCC1(CNCC2(c3ccccc3)CCNCC2)CC1. The number of hydrogen-bond acceptors (Lipinski definition) is 2. The molecule has 2 nitrogen and oxygen atoms in total. The van der Waals surface area contributed by atoms with Crippen molar-refractivity contribution in [1.29, 1.82) is 0 Å². The van der Waals surface area contributed by atoms with Crippen LogP contribution in [0.4, 0.5) is 0 Å². The van der Waals surface area contributed by atoms with Gasteiger partial charge in [0.1, 0.15) is 0 Å². The first-order chi connectivity index (χ1) is 9.79. The quantitative estimate of drug-likeness (QED) is 0.831. The van der Waals surface area contributed by atoms with E-state index >= 15 is 0 Å². The standard InChI is InChI=1S/C18H28N2/c1-2-17(8-9-17)14-20-15-18(10-12-19-13-11-18)16-6-4-3-5-7-16/h3-7,19-20H,2,8-15H2,1H3. The Morgan fingerprint density at radius 1 is 1.00 bits per heavy atom. The van der Waals surface area contributed by atoms with Crippen molar-refractivity contribution in [3.63, 3.8) is 0 Å². The van der Waals surface area contributed by atoms with Crippen LogP contribution in [0.25, 0.3) is 0 Å². The van der Waals surface area contributed by atoms with E-state index in [0.717, 1.165) is 19.6 Å². The minimum atomic E-state index is 0.344. The molecule has 0 spiro atoms. The first kappa shape index (κ1) is 14.1. The van der Waals surface area contributed by atoms with Crippen LogP contribution in [0.3, 0.4) is 0 Å². The highest BCUT2D eigenvalue weighted by Crippen LogP contribution is 2.48. The zero-order valence-corrected chi connectivity index (χ0v) is 12.8. The lowest BCUT2D eigenvalue weighted by Gasteiger charge is -2.39. The molecule has 1 aliphatic carbocycles. The van der Waals surface area contributed by atoms with Crippen LogP contribution in [0.2, 0.25) is 0 Å². The van der Waals surface area contributed by atoms with Crippen LogP contribution in [0, 0.1) is 5.41 Å². The van der Waals surface area contributed by atoms with Crippen molar-refractivity contribution >= 4 is 0 Å². The molecule has 0 atom stereocenters. The maximum Gasteiger partial charge on any atom is 0.0102 e. The molecule has 0 radical (unpaired) electrons. The van der Waals surface area contributed by atoms with Crippen LogP contribution in [0.5, 0.6) is 0 Å². The summed E-state index contributed by atoms with van der Waals surface area (Å²) >= 11 is 0. The highest BCUT2D eigenvalue weighted by atomic mass is 14.9. The van der Waals surface area contributed by atoms with Gasteiger partial charge in [0.05, 0.1) is 0 Å². The largest absolute Gasteiger partial charge is 0.317 e. The van der Waals surface area contributed by atoms with Crippen LogP contribution in [0.15, 0.2) is 30.3 Å². The summed E-state index contributed by atoms with van der Waals surface area (Å²) in [6.07, 6.45) is 6.69. The predicted octanol–water partition coefficient (Wildman–Crippen LogP) is 3.09. The van der Waals surface area contributed by atoms with E-state index in [9.17, 15) is 0 Å². The second kappa shape index (κ2) is 5.87. The van der Waals surface area contributed by atoms with Crippen LogP contribution < -0.4 is 10.6 Å². The van der Waals surface area contributed by atoms with Crippen LogP contribution in [0.1, 0.15) is 44.6 Å². The molecule has 2 aliphatic rings. The van der Waals surface area contributed by atoms with Crippen molar-refractivity contribution in [3.05, 3.63) is 35.9 Å². The van der Waals surface area contributed by atoms with E-state index in [1.807, 2.05) is 0 Å². The summed E-state index contributed by atoms with van der Waals surface area (Å²) < 4.78 is 0. The Morgan fingerprint density at radius 3 is 2.30 bits per heavy atom. The van der Waals surface area contributed by atoms with Gasteiger partial charge in [-0.05, 0) is 56.2 Å². The summed E-state index contributed by atoms with van der Waals surface area (Å²) in [4.78, 5) is 0. The van der Waals surface area contributed by atoms with E-state index in [0.29, 0.717) is 10.8 Å². The molecule has 2 fully saturated rings. The monoisotopic (exact) mass is 272 g/mol. The average molecular weight is 272 g/mol. The molecule has 0 aromatic heterocycles. The van der Waals surface area contributed by atoms with Gasteiger partial charge in [0.15, 0.2) is 0 Å². The molecule has 2 heteroatoms. The zero-order chi connectivity index (χ0) is 13.9. The number of nitrogens with one attached hydrogen (secondary N) is 2. The van der Waals surface area contributed by atoms with Gasteiger partial charge >= 0.3 is 0 Å². The van der Waals surface area contributed by atoms with Crippen LogP contribution >= 0.6 is 0 Å². The minimum Gasteiger partial charge on any atom is -0.317 e. The van der Waals surface area contributed by atoms with Crippen molar-refractivity contribution < 1.29 is 0 Å². The molecule has 1 heterocycles. The summed E-state index contributed by atoms with van der Waals surface area (Å²) in [5.74, 6) is 0. The Bertz CT molecular complexity index is 416. The molecular formula is C18H28N2. The van der Waals surface area contributed by atoms with Gasteiger partial charge in [-0.25, -0.2) is 0 Å². The number of benzene rings is 1. The first-order valence-corrected chi connectivity index (χ1v) is 8.26. The molecule has 0 bridgehead atoms. The van der Waals surface area contributed by atoms with Gasteiger partial charge in [-0.15, -0.1) is 0 Å². The molecule has 1 saturated carbocycles. The smallest absolute Gasteiger partial charge is 0.0102 e. The van der Waals surface area contributed by atoms with E-state index in [2.05, 4.69) is 47.9 Å². The van der Waals surface area contributed by atoms with E-state index in [-0.39, 0.29) is 0 Å². The zero-order valence-electron chi connectivity index (χ0n) is 12.8. The molecule has 0 amide bonds. The lowest BCUT2D eigenvalue weighted by atomic mass is 9.73. The first-order valence-electron chi connectivity index (χ1n) is 8.26. The molecule has 1 aromatic carbocycles. The maximum atomic E-state index is 3.82. The third-order valence-electron chi connectivity index (χ3n) is 5.62. The van der Waals surface area contributed by atoms with Gasteiger partial charge in [0, 0.05) is 18.5 Å². The fourth-order valence-corrected chi connectivity index (χ4v) is 3.66. The fourth-order valence-electron chi connectivity index (χ4n) is 3.66. The van der Waals surface area contributed by atoms with Crippen molar-refractivity contribution in [2.24, 2.45) is 5.41 Å². The second-order valence-electron chi connectivity index (χ2n) is 6.85. The van der Waals surface area contributed by atoms with Crippen molar-refractivity contribution in [2.75, 3.05) is 26.2 Å². The molecule has 1 aliphatic heterocycles. The van der Waals surface area contributed by atoms with Gasteiger partial charge < -0.3 is 10.6 Å². The van der Waals surface area contributed by atoms with E-state index in [4.69, 9.17) is 0 Å². The predicted molar refractivity (Wildman–Crippen MR) is 85.1 cm³/mol. The molecular weight excluding hydrogens is 244 g/mol. The molecule has 110 valence electrons. The maximum absolute atomic E-state index is 3.82. The highest BCUT2D eigenvalue weighted by Gasteiger charge is 2.41. The van der Waals surface area contributed by atoms with Crippen LogP contribution in [-0.2, 0) is 5.41 Å². The molecule has 0 unspecified atom stereocenters. The molecule has 2 N–H and O–H groups in total. The summed E-state index contributed by atoms with van der Waals surface area (Å²) in [7, 11) is 0. The number of piperidine rings is 1. The lowest BCUT2D eigenvalue weighted by Crippen LogP contribution is -2.47. The van der Waals surface area contributed by atoms with Gasteiger partial charge in [0.25, 0.3) is 0 Å². The molecule has 20 heavy (non-hydrogen) atoms. The number of hydrogen-bond donors (Lipinski definition) is 2. The van der Waals surface area contributed by atoms with Crippen LogP contribution in [-0.4, -0.2) is 26.2 Å². The van der Waals surface area contributed by atoms with Crippen molar-refractivity contribution in [1.82, 2.24) is 10.6 Å². The van der Waals surface area contributed by atoms with Gasteiger partial charge in [-0.2, -0.15) is 0 Å². The summed E-state index contributed by atoms with van der Waals surface area (Å²) in [6, 6.07) is 11.1. The molecule has 1 saturated heterocycles. The number of rotatable bonds is 6. The topological polar surface area (TPSA) is 24.1 Å². The Labute approximate surface area is 123 Å². The van der Waals surface area contributed by atoms with E-state index in [1.165, 1.54) is 44.2 Å². The molecule has 3 rings (SSSR count). The Balaban J connectivity index is 1.67. The lowest BCUT2D eigenvalue weighted by molar-refractivity contribution is 0.283. The Kier molecular flexibility index (Phi) is 4.13. The van der Waals surface area contributed by atoms with Gasteiger partial charge in [0.2, 0.25) is 0 Å². The third kappa shape index (κ3) is 2.91. The summed E-state index contributed by atoms with van der Waals surface area (Å²) in [6.45, 7) is 6.99. The second-order valence-corrected chi connectivity index (χ2v) is 6.85. The highest BCUT2D eigenvalue weighted by molar-refractivity contribution is 5.27. The summed E-state index contributed by atoms with van der Waals surface area (Å²) in [5, 5.41) is 7.33. The molecule has 1 aromatic rings. The van der Waals surface area contributed by atoms with Crippen molar-refractivity contribution in [3.8, 4) is 0 Å². The van der Waals surface area contributed by atoms with Gasteiger partial charge in [-0.1, -0.05) is 37.3 Å². The summed E-state index contributed by atoms with van der Waals surface area (Å²) in [5.41, 5.74) is 2.51. The fraction of sp³-hybridized carbons (Fsp3) is 0.667. The third-order valence-corrected chi connectivity index (χ3v) is 5.62. The van der Waals surface area contributed by atoms with Crippen molar-refractivity contribution in [2.45, 2.75) is 44.4 Å². The van der Waals surface area contributed by atoms with E-state index < -0.39 is 0 Å². The minimum absolute atomic E-state index is 0.344. The Hall–Kier alpha value is -0.860. The Morgan fingerprint density at radius 2 is 1.70 bits per heavy atom. The normalized spacial score (nSPS) is 23.4.